The quantitative estimate of drug-likeness (QED) is 0.837. The van der Waals surface area contributed by atoms with Gasteiger partial charge in [0.2, 0.25) is 11.8 Å². The highest BCUT2D eigenvalue weighted by atomic mass is 16.6. The molecule has 0 saturated carbocycles. The molecule has 0 bridgehead atoms. The Balaban J connectivity index is 1.66. The van der Waals surface area contributed by atoms with Gasteiger partial charge in [-0.05, 0) is 32.4 Å². The van der Waals surface area contributed by atoms with Crippen LogP contribution in [-0.4, -0.2) is 34.7 Å². The number of pyridine rings is 1. The summed E-state index contributed by atoms with van der Waals surface area (Å²) < 4.78 is 16.9. The van der Waals surface area contributed by atoms with Gasteiger partial charge in [0, 0.05) is 11.6 Å². The molecule has 26 heavy (non-hydrogen) atoms. The van der Waals surface area contributed by atoms with Crippen molar-refractivity contribution in [1.29, 1.82) is 0 Å². The second-order valence-electron chi connectivity index (χ2n) is 7.14. The van der Waals surface area contributed by atoms with Crippen LogP contribution < -0.4 is 9.47 Å². The molecule has 2 heterocycles. The lowest BCUT2D eigenvalue weighted by molar-refractivity contribution is 0.0225. The average molecular weight is 356 g/mol. The molecule has 0 spiro atoms. The predicted octanol–water partition coefficient (Wildman–Crippen LogP) is 3.79. The van der Waals surface area contributed by atoms with Crippen LogP contribution in [0.1, 0.15) is 31.9 Å². The molecule has 0 unspecified atom stereocenters. The molecule has 0 atom stereocenters. The normalized spacial score (nSPS) is 14.0. The van der Waals surface area contributed by atoms with Crippen LogP contribution in [0.3, 0.4) is 0 Å². The van der Waals surface area contributed by atoms with Crippen LogP contribution >= 0.6 is 0 Å². The Hall–Kier alpha value is -2.76. The molecule has 1 aromatic heterocycles. The molecule has 3 rings (SSSR count). The fourth-order valence-electron chi connectivity index (χ4n) is 2.53. The zero-order chi connectivity index (χ0) is 18.6. The molecule has 1 aliphatic rings. The summed E-state index contributed by atoms with van der Waals surface area (Å²) in [5, 5.41) is 0. The fourth-order valence-corrected chi connectivity index (χ4v) is 2.53. The Kier molecular flexibility index (Phi) is 5.30. The fraction of sp³-hybridized carbons (Fsp3) is 0.400. The zero-order valence-electron chi connectivity index (χ0n) is 15.4. The SMILES string of the molecule is CC(C)(C)OC(=O)N1CCOc2nc(OCc3ccccc3)ccc2C1. The molecule has 0 N–H and O–H groups in total. The van der Waals surface area contributed by atoms with E-state index in [1.165, 1.54) is 0 Å². The second kappa shape index (κ2) is 7.64. The van der Waals surface area contributed by atoms with E-state index in [4.69, 9.17) is 14.2 Å². The second-order valence-corrected chi connectivity index (χ2v) is 7.14. The van der Waals surface area contributed by atoms with Gasteiger partial charge in [-0.25, -0.2) is 4.79 Å². The highest BCUT2D eigenvalue weighted by Gasteiger charge is 2.25. The van der Waals surface area contributed by atoms with E-state index in [0.29, 0.717) is 38.1 Å². The van der Waals surface area contributed by atoms with Crippen molar-refractivity contribution in [3.63, 3.8) is 0 Å². The van der Waals surface area contributed by atoms with Gasteiger partial charge in [-0.3, -0.25) is 0 Å². The molecule has 0 fully saturated rings. The number of carbonyl (C=O) groups is 1. The van der Waals surface area contributed by atoms with E-state index in [0.717, 1.165) is 11.1 Å². The minimum atomic E-state index is -0.527. The van der Waals surface area contributed by atoms with Crippen molar-refractivity contribution >= 4 is 6.09 Å². The summed E-state index contributed by atoms with van der Waals surface area (Å²) in [6.45, 7) is 7.21. The highest BCUT2D eigenvalue weighted by Crippen LogP contribution is 2.25. The number of benzene rings is 1. The number of amides is 1. The predicted molar refractivity (Wildman–Crippen MR) is 97.2 cm³/mol. The molecule has 6 nitrogen and oxygen atoms in total. The zero-order valence-corrected chi connectivity index (χ0v) is 15.4. The molecule has 1 amide bonds. The maximum atomic E-state index is 12.3. The monoisotopic (exact) mass is 356 g/mol. The van der Waals surface area contributed by atoms with Crippen LogP contribution in [0.15, 0.2) is 42.5 Å². The average Bonchev–Trinajstić information content (AvgIpc) is 2.81. The summed E-state index contributed by atoms with van der Waals surface area (Å²) in [5.41, 5.74) is 1.38. The third-order valence-electron chi connectivity index (χ3n) is 3.76. The van der Waals surface area contributed by atoms with E-state index in [1.54, 1.807) is 11.0 Å². The largest absolute Gasteiger partial charge is 0.475 e. The molecule has 1 aliphatic heterocycles. The molecule has 138 valence electrons. The first-order chi connectivity index (χ1) is 12.4. The van der Waals surface area contributed by atoms with Gasteiger partial charge in [0.05, 0.1) is 13.1 Å². The lowest BCUT2D eigenvalue weighted by atomic mass is 10.2. The summed E-state index contributed by atoms with van der Waals surface area (Å²) >= 11 is 0. The lowest BCUT2D eigenvalue weighted by Gasteiger charge is -2.25. The van der Waals surface area contributed by atoms with E-state index in [9.17, 15) is 4.79 Å². The lowest BCUT2D eigenvalue weighted by Crippen LogP contribution is -2.37. The van der Waals surface area contributed by atoms with Gasteiger partial charge in [-0.2, -0.15) is 4.98 Å². The van der Waals surface area contributed by atoms with Crippen molar-refractivity contribution in [3.05, 3.63) is 53.6 Å². The van der Waals surface area contributed by atoms with Gasteiger partial charge in [-0.1, -0.05) is 30.3 Å². The number of fused-ring (bicyclic) bond motifs is 1. The van der Waals surface area contributed by atoms with Crippen LogP contribution in [0.4, 0.5) is 4.79 Å². The number of nitrogens with zero attached hydrogens (tertiary/aromatic N) is 2. The standard InChI is InChI=1S/C20H24N2O4/c1-20(2,3)26-19(23)22-11-12-24-18-16(13-22)9-10-17(21-18)25-14-15-7-5-4-6-8-15/h4-10H,11-14H2,1-3H3. The molecule has 0 aliphatic carbocycles. The van der Waals surface area contributed by atoms with Crippen LogP contribution in [-0.2, 0) is 17.9 Å². The van der Waals surface area contributed by atoms with Gasteiger partial charge in [0.15, 0.2) is 0 Å². The van der Waals surface area contributed by atoms with Crippen molar-refractivity contribution in [2.24, 2.45) is 0 Å². The third kappa shape index (κ3) is 4.88. The number of hydrogen-bond acceptors (Lipinski definition) is 5. The topological polar surface area (TPSA) is 60.9 Å². The van der Waals surface area contributed by atoms with Gasteiger partial charge in [0.25, 0.3) is 0 Å². The minimum Gasteiger partial charge on any atom is -0.475 e. The van der Waals surface area contributed by atoms with Gasteiger partial charge < -0.3 is 19.1 Å². The van der Waals surface area contributed by atoms with Crippen LogP contribution in [0.5, 0.6) is 11.8 Å². The molecule has 1 aromatic carbocycles. The van der Waals surface area contributed by atoms with E-state index >= 15 is 0 Å². The van der Waals surface area contributed by atoms with Crippen LogP contribution in [0.2, 0.25) is 0 Å². The highest BCUT2D eigenvalue weighted by molar-refractivity contribution is 5.68. The first-order valence-electron chi connectivity index (χ1n) is 8.68. The maximum absolute atomic E-state index is 12.3. The van der Waals surface area contributed by atoms with Crippen LogP contribution in [0, 0.1) is 0 Å². The third-order valence-corrected chi connectivity index (χ3v) is 3.76. The molecule has 2 aromatic rings. The molecular weight excluding hydrogens is 332 g/mol. The van der Waals surface area contributed by atoms with Crippen molar-refractivity contribution in [1.82, 2.24) is 9.88 Å². The van der Waals surface area contributed by atoms with Crippen molar-refractivity contribution in [2.45, 2.75) is 39.5 Å². The molecule has 0 saturated heterocycles. The van der Waals surface area contributed by atoms with Crippen molar-refractivity contribution < 1.29 is 19.0 Å². The smallest absolute Gasteiger partial charge is 0.410 e. The minimum absolute atomic E-state index is 0.349. The Morgan fingerprint density at radius 2 is 1.96 bits per heavy atom. The summed E-state index contributed by atoms with van der Waals surface area (Å²) in [5.74, 6) is 1.000. The first kappa shape index (κ1) is 18.0. The van der Waals surface area contributed by atoms with Crippen LogP contribution in [0.25, 0.3) is 0 Å². The van der Waals surface area contributed by atoms with E-state index in [1.807, 2.05) is 57.2 Å². The summed E-state index contributed by atoms with van der Waals surface area (Å²) in [4.78, 5) is 18.4. The maximum Gasteiger partial charge on any atom is 0.410 e. The summed E-state index contributed by atoms with van der Waals surface area (Å²) in [6.07, 6.45) is -0.349. The van der Waals surface area contributed by atoms with E-state index < -0.39 is 5.60 Å². The number of carbonyl (C=O) groups excluding carboxylic acids is 1. The van der Waals surface area contributed by atoms with E-state index in [2.05, 4.69) is 4.98 Å². The Labute approximate surface area is 153 Å². The Morgan fingerprint density at radius 3 is 2.69 bits per heavy atom. The Bertz CT molecular complexity index is 756. The molecule has 6 heteroatoms. The first-order valence-corrected chi connectivity index (χ1v) is 8.68. The van der Waals surface area contributed by atoms with Crippen molar-refractivity contribution in [2.75, 3.05) is 13.2 Å². The number of ether oxygens (including phenoxy) is 3. The molecular formula is C20H24N2O4. The number of aromatic nitrogens is 1. The number of hydrogen-bond donors (Lipinski definition) is 0. The van der Waals surface area contributed by atoms with Gasteiger partial charge in [0.1, 0.15) is 18.8 Å². The molecule has 0 radical (unpaired) electrons. The van der Waals surface area contributed by atoms with Crippen molar-refractivity contribution in [3.8, 4) is 11.8 Å². The van der Waals surface area contributed by atoms with Gasteiger partial charge >= 0.3 is 6.09 Å². The summed E-state index contributed by atoms with van der Waals surface area (Å²) in [7, 11) is 0. The van der Waals surface area contributed by atoms with E-state index in [-0.39, 0.29) is 6.09 Å². The van der Waals surface area contributed by atoms with Gasteiger partial charge in [-0.15, -0.1) is 0 Å². The number of rotatable bonds is 3. The Morgan fingerprint density at radius 1 is 1.19 bits per heavy atom. The summed E-state index contributed by atoms with van der Waals surface area (Å²) in [6, 6.07) is 13.6.